The van der Waals surface area contributed by atoms with Gasteiger partial charge in [-0.15, -0.1) is 0 Å². The molecule has 1 amide bonds. The number of amides is 1. The fourth-order valence-corrected chi connectivity index (χ4v) is 3.69. The van der Waals surface area contributed by atoms with Gasteiger partial charge in [0.25, 0.3) is 0 Å². The first-order chi connectivity index (χ1) is 10.2. The number of carbonyl (C=O) groups excluding carboxylic acids is 1. The Balaban J connectivity index is 1.78. The summed E-state index contributed by atoms with van der Waals surface area (Å²) in [6.07, 6.45) is 4.29. The molecule has 1 heterocycles. The van der Waals surface area contributed by atoms with Crippen LogP contribution in [0.25, 0.3) is 0 Å². The molecule has 2 atom stereocenters. The zero-order valence-electron chi connectivity index (χ0n) is 12.2. The third-order valence-electron chi connectivity index (χ3n) is 4.90. The third kappa shape index (κ3) is 2.50. The molecule has 2 aliphatic rings. The topological polar surface area (TPSA) is 50.4 Å². The maximum atomic E-state index is 13.7. The van der Waals surface area contributed by atoms with Gasteiger partial charge in [0, 0.05) is 18.3 Å². The Morgan fingerprint density at radius 3 is 3.10 bits per heavy atom. The standard InChI is InChI=1S/C16H21FN2O2/c1-21-14-6-5-12(8-13(14)17)19-15(20)16-7-3-2-4-11(16)9-18-10-16/h5-6,8,11,18H,2-4,7,9-10H2,1H3,(H,19,20)/t11-,16+/m0/s1. The molecule has 1 saturated carbocycles. The van der Waals surface area contributed by atoms with E-state index in [1.54, 1.807) is 6.07 Å². The van der Waals surface area contributed by atoms with Gasteiger partial charge < -0.3 is 15.4 Å². The number of methoxy groups -OCH3 is 1. The van der Waals surface area contributed by atoms with Crippen molar-refractivity contribution < 1.29 is 13.9 Å². The van der Waals surface area contributed by atoms with E-state index in [-0.39, 0.29) is 17.1 Å². The van der Waals surface area contributed by atoms with Crippen LogP contribution in [0.2, 0.25) is 0 Å². The Morgan fingerprint density at radius 2 is 2.33 bits per heavy atom. The summed E-state index contributed by atoms with van der Waals surface area (Å²) in [5.41, 5.74) is 0.165. The maximum Gasteiger partial charge on any atom is 0.232 e. The Bertz CT molecular complexity index is 549. The van der Waals surface area contributed by atoms with Crippen LogP contribution in [-0.2, 0) is 4.79 Å². The highest BCUT2D eigenvalue weighted by molar-refractivity contribution is 5.96. The van der Waals surface area contributed by atoms with E-state index in [4.69, 9.17) is 4.74 Å². The molecule has 0 bridgehead atoms. The number of rotatable bonds is 3. The molecule has 0 spiro atoms. The van der Waals surface area contributed by atoms with E-state index < -0.39 is 5.82 Å². The lowest BCUT2D eigenvalue weighted by Crippen LogP contribution is -2.44. The van der Waals surface area contributed by atoms with Crippen molar-refractivity contribution in [1.29, 1.82) is 0 Å². The van der Waals surface area contributed by atoms with Crippen molar-refractivity contribution in [3.63, 3.8) is 0 Å². The average Bonchev–Trinajstić information content (AvgIpc) is 2.92. The van der Waals surface area contributed by atoms with Crippen LogP contribution in [0, 0.1) is 17.2 Å². The van der Waals surface area contributed by atoms with E-state index in [9.17, 15) is 9.18 Å². The molecule has 21 heavy (non-hydrogen) atoms. The van der Waals surface area contributed by atoms with Gasteiger partial charge in [-0.3, -0.25) is 4.79 Å². The summed E-state index contributed by atoms with van der Waals surface area (Å²) in [5.74, 6) is 0.137. The fourth-order valence-electron chi connectivity index (χ4n) is 3.69. The molecule has 4 nitrogen and oxygen atoms in total. The van der Waals surface area contributed by atoms with Gasteiger partial charge in [-0.2, -0.15) is 0 Å². The first-order valence-electron chi connectivity index (χ1n) is 7.51. The van der Waals surface area contributed by atoms with Gasteiger partial charge in [0.15, 0.2) is 11.6 Å². The molecule has 5 heteroatoms. The van der Waals surface area contributed by atoms with Crippen LogP contribution in [-0.4, -0.2) is 26.1 Å². The van der Waals surface area contributed by atoms with Gasteiger partial charge in [-0.25, -0.2) is 4.39 Å². The molecule has 1 aliphatic heterocycles. The third-order valence-corrected chi connectivity index (χ3v) is 4.90. The number of nitrogens with one attached hydrogen (secondary N) is 2. The fraction of sp³-hybridized carbons (Fsp3) is 0.562. The molecule has 2 fully saturated rings. The van der Waals surface area contributed by atoms with E-state index >= 15 is 0 Å². The largest absolute Gasteiger partial charge is 0.494 e. The summed E-state index contributed by atoms with van der Waals surface area (Å²) >= 11 is 0. The zero-order chi connectivity index (χ0) is 14.9. The summed E-state index contributed by atoms with van der Waals surface area (Å²) in [4.78, 5) is 12.7. The number of hydrogen-bond acceptors (Lipinski definition) is 3. The predicted molar refractivity (Wildman–Crippen MR) is 78.8 cm³/mol. The van der Waals surface area contributed by atoms with Gasteiger partial charge in [0.1, 0.15) is 0 Å². The molecule has 2 N–H and O–H groups in total. The second-order valence-corrected chi connectivity index (χ2v) is 6.03. The highest BCUT2D eigenvalue weighted by atomic mass is 19.1. The minimum Gasteiger partial charge on any atom is -0.494 e. The summed E-state index contributed by atoms with van der Waals surface area (Å²) in [6, 6.07) is 4.53. The number of benzene rings is 1. The number of halogens is 1. The van der Waals surface area contributed by atoms with Crippen molar-refractivity contribution in [3.05, 3.63) is 24.0 Å². The lowest BCUT2D eigenvalue weighted by molar-refractivity contribution is -0.128. The van der Waals surface area contributed by atoms with E-state index in [1.165, 1.54) is 25.7 Å². The minimum absolute atomic E-state index is 0.0155. The minimum atomic E-state index is -0.461. The van der Waals surface area contributed by atoms with Crippen LogP contribution < -0.4 is 15.4 Å². The summed E-state index contributed by atoms with van der Waals surface area (Å²) in [7, 11) is 1.42. The number of fused-ring (bicyclic) bond motifs is 1. The van der Waals surface area contributed by atoms with E-state index in [1.807, 2.05) is 0 Å². The van der Waals surface area contributed by atoms with Crippen molar-refractivity contribution in [2.45, 2.75) is 25.7 Å². The first kappa shape index (κ1) is 14.3. The van der Waals surface area contributed by atoms with Gasteiger partial charge in [0.2, 0.25) is 5.91 Å². The normalized spacial score (nSPS) is 28.0. The van der Waals surface area contributed by atoms with Crippen LogP contribution in [0.4, 0.5) is 10.1 Å². The summed E-state index contributed by atoms with van der Waals surface area (Å²) in [5, 5.41) is 6.24. The van der Waals surface area contributed by atoms with Crippen LogP contribution in [0.3, 0.4) is 0 Å². The van der Waals surface area contributed by atoms with E-state index in [2.05, 4.69) is 10.6 Å². The lowest BCUT2D eigenvalue weighted by Gasteiger charge is -2.37. The molecule has 0 radical (unpaired) electrons. The van der Waals surface area contributed by atoms with Crippen LogP contribution in [0.5, 0.6) is 5.75 Å². The van der Waals surface area contributed by atoms with Crippen molar-refractivity contribution in [2.24, 2.45) is 11.3 Å². The Kier molecular flexibility index (Phi) is 3.85. The molecular formula is C16H21FN2O2. The van der Waals surface area contributed by atoms with Crippen molar-refractivity contribution >= 4 is 11.6 Å². The maximum absolute atomic E-state index is 13.7. The molecular weight excluding hydrogens is 271 g/mol. The summed E-state index contributed by atoms with van der Waals surface area (Å²) in [6.45, 7) is 1.63. The monoisotopic (exact) mass is 292 g/mol. The van der Waals surface area contributed by atoms with Gasteiger partial charge in [-0.05, 0) is 37.4 Å². The number of anilines is 1. The van der Waals surface area contributed by atoms with Crippen LogP contribution in [0.1, 0.15) is 25.7 Å². The van der Waals surface area contributed by atoms with Gasteiger partial charge in [0.05, 0.1) is 12.5 Å². The molecule has 114 valence electrons. The zero-order valence-corrected chi connectivity index (χ0v) is 12.2. The second-order valence-electron chi connectivity index (χ2n) is 6.03. The quantitative estimate of drug-likeness (QED) is 0.900. The molecule has 0 aromatic heterocycles. The average molecular weight is 292 g/mol. The van der Waals surface area contributed by atoms with Crippen LogP contribution in [0.15, 0.2) is 18.2 Å². The van der Waals surface area contributed by atoms with Crippen molar-refractivity contribution in [3.8, 4) is 5.75 Å². The first-order valence-corrected chi connectivity index (χ1v) is 7.51. The summed E-state index contributed by atoms with van der Waals surface area (Å²) < 4.78 is 18.6. The number of hydrogen-bond donors (Lipinski definition) is 2. The SMILES string of the molecule is COc1ccc(NC(=O)[C@@]23CCCC[C@H]2CNC3)cc1F. The predicted octanol–water partition coefficient (Wildman–Crippen LogP) is 2.55. The molecule has 3 rings (SSSR count). The van der Waals surface area contributed by atoms with E-state index in [0.29, 0.717) is 11.6 Å². The Morgan fingerprint density at radius 1 is 1.48 bits per heavy atom. The molecule has 1 aromatic rings. The smallest absolute Gasteiger partial charge is 0.232 e. The Labute approximate surface area is 124 Å². The highest BCUT2D eigenvalue weighted by Crippen LogP contribution is 2.44. The Hall–Kier alpha value is -1.62. The number of ether oxygens (including phenoxy) is 1. The molecule has 1 aromatic carbocycles. The molecule has 1 aliphatic carbocycles. The van der Waals surface area contributed by atoms with Crippen molar-refractivity contribution in [1.82, 2.24) is 5.32 Å². The number of carbonyl (C=O) groups is 1. The second kappa shape index (κ2) is 5.64. The highest BCUT2D eigenvalue weighted by Gasteiger charge is 2.49. The van der Waals surface area contributed by atoms with Crippen molar-refractivity contribution in [2.75, 3.05) is 25.5 Å². The van der Waals surface area contributed by atoms with Crippen LogP contribution >= 0.6 is 0 Å². The van der Waals surface area contributed by atoms with Gasteiger partial charge >= 0.3 is 0 Å². The van der Waals surface area contributed by atoms with E-state index in [0.717, 1.165) is 32.4 Å². The lowest BCUT2D eigenvalue weighted by atomic mass is 9.67. The molecule has 1 saturated heterocycles. The molecule has 0 unspecified atom stereocenters. The van der Waals surface area contributed by atoms with Gasteiger partial charge in [-0.1, -0.05) is 12.8 Å².